The topological polar surface area (TPSA) is 86.8 Å². The zero-order valence-electron chi connectivity index (χ0n) is 22.6. The maximum Gasteiger partial charge on any atom is 0.244 e. The summed E-state index contributed by atoms with van der Waals surface area (Å²) >= 11 is 3.44. The number of rotatable bonds is 13. The Morgan fingerprint density at radius 2 is 1.49 bits per heavy atom. The lowest BCUT2D eigenvalue weighted by Gasteiger charge is -2.33. The fraction of sp³-hybridized carbons (Fsp3) is 0.333. The molecule has 0 bridgehead atoms. The van der Waals surface area contributed by atoms with Crippen LogP contribution in [0.2, 0.25) is 0 Å². The van der Waals surface area contributed by atoms with Crippen LogP contribution in [-0.4, -0.2) is 50.5 Å². The highest BCUT2D eigenvalue weighted by Gasteiger charge is 2.32. The molecule has 0 radical (unpaired) electrons. The lowest BCUT2D eigenvalue weighted by Crippen LogP contribution is -2.53. The molecule has 208 valence electrons. The molecule has 0 aliphatic rings. The van der Waals surface area contributed by atoms with Gasteiger partial charge in [0.2, 0.25) is 21.8 Å². The number of halogens is 1. The van der Waals surface area contributed by atoms with E-state index in [1.54, 1.807) is 12.1 Å². The molecule has 0 heterocycles. The van der Waals surface area contributed by atoms with Gasteiger partial charge in [-0.25, -0.2) is 8.42 Å². The van der Waals surface area contributed by atoms with E-state index in [0.29, 0.717) is 18.7 Å². The van der Waals surface area contributed by atoms with Crippen LogP contribution in [0.1, 0.15) is 37.0 Å². The maximum atomic E-state index is 14.0. The first kappa shape index (κ1) is 30.4. The minimum Gasteiger partial charge on any atom is -0.354 e. The molecule has 3 aromatic rings. The molecule has 1 atom stereocenters. The number of anilines is 1. The number of carbonyl (C=O) groups is 2. The largest absolute Gasteiger partial charge is 0.354 e. The SMILES string of the molecule is CCCNC(=O)[C@@H](Cc1ccccc1)N(Cc1ccc(Br)cc1)C(=O)CN(c1ccc(CC)cc1)S(C)(=O)=O. The van der Waals surface area contributed by atoms with E-state index in [1.807, 2.05) is 80.6 Å². The summed E-state index contributed by atoms with van der Waals surface area (Å²) in [7, 11) is -3.78. The van der Waals surface area contributed by atoms with Crippen LogP contribution in [-0.2, 0) is 39.0 Å². The number of aryl methyl sites for hydroxylation is 1. The summed E-state index contributed by atoms with van der Waals surface area (Å²) in [5, 5.41) is 2.94. The van der Waals surface area contributed by atoms with E-state index in [9.17, 15) is 18.0 Å². The molecule has 0 saturated carbocycles. The third kappa shape index (κ3) is 8.93. The van der Waals surface area contributed by atoms with Gasteiger partial charge in [-0.05, 0) is 53.8 Å². The summed E-state index contributed by atoms with van der Waals surface area (Å²) < 4.78 is 27.7. The fourth-order valence-electron chi connectivity index (χ4n) is 4.22. The molecule has 0 saturated heterocycles. The molecule has 9 heteroatoms. The number of nitrogens with one attached hydrogen (secondary N) is 1. The van der Waals surface area contributed by atoms with Crippen LogP contribution in [0.4, 0.5) is 5.69 Å². The Morgan fingerprint density at radius 3 is 2.05 bits per heavy atom. The molecule has 39 heavy (non-hydrogen) atoms. The minimum atomic E-state index is -3.78. The third-order valence-electron chi connectivity index (χ3n) is 6.40. The second kappa shape index (κ2) is 14.3. The highest BCUT2D eigenvalue weighted by molar-refractivity contribution is 9.10. The van der Waals surface area contributed by atoms with Crippen LogP contribution in [0, 0.1) is 0 Å². The summed E-state index contributed by atoms with van der Waals surface area (Å²) in [5.74, 6) is -0.736. The Labute approximate surface area is 240 Å². The second-order valence-electron chi connectivity index (χ2n) is 9.43. The average Bonchev–Trinajstić information content (AvgIpc) is 2.93. The molecule has 0 spiro atoms. The maximum absolute atomic E-state index is 14.0. The van der Waals surface area contributed by atoms with E-state index in [-0.39, 0.29) is 12.5 Å². The van der Waals surface area contributed by atoms with Crippen LogP contribution < -0.4 is 9.62 Å². The Kier molecular flexibility index (Phi) is 11.1. The fourth-order valence-corrected chi connectivity index (χ4v) is 5.33. The number of nitrogens with zero attached hydrogens (tertiary/aromatic N) is 2. The van der Waals surface area contributed by atoms with E-state index < -0.39 is 28.5 Å². The number of hydrogen-bond acceptors (Lipinski definition) is 4. The molecule has 0 fully saturated rings. The molecule has 0 aliphatic heterocycles. The van der Waals surface area contributed by atoms with Gasteiger partial charge in [0.25, 0.3) is 0 Å². The number of amides is 2. The number of benzene rings is 3. The second-order valence-corrected chi connectivity index (χ2v) is 12.3. The highest BCUT2D eigenvalue weighted by atomic mass is 79.9. The van der Waals surface area contributed by atoms with E-state index in [0.717, 1.165) is 44.6 Å². The monoisotopic (exact) mass is 613 g/mol. The van der Waals surface area contributed by atoms with E-state index in [1.165, 1.54) is 4.90 Å². The minimum absolute atomic E-state index is 0.148. The lowest BCUT2D eigenvalue weighted by molar-refractivity contribution is -0.140. The Balaban J connectivity index is 2.02. The van der Waals surface area contributed by atoms with Crippen molar-refractivity contribution >= 4 is 43.5 Å². The molecular formula is C30H36BrN3O4S. The van der Waals surface area contributed by atoms with Crippen molar-refractivity contribution in [2.75, 3.05) is 23.7 Å². The van der Waals surface area contributed by atoms with E-state index >= 15 is 0 Å². The number of carbonyl (C=O) groups excluding carboxylic acids is 2. The Morgan fingerprint density at radius 1 is 0.872 bits per heavy atom. The van der Waals surface area contributed by atoms with Crippen LogP contribution in [0.25, 0.3) is 0 Å². The molecule has 7 nitrogen and oxygen atoms in total. The first-order valence-corrected chi connectivity index (χ1v) is 15.7. The Hall–Kier alpha value is -3.17. The molecule has 3 aromatic carbocycles. The normalized spacial score (nSPS) is 12.0. The van der Waals surface area contributed by atoms with E-state index in [2.05, 4.69) is 21.2 Å². The lowest BCUT2D eigenvalue weighted by atomic mass is 10.0. The molecule has 0 aromatic heterocycles. The standard InChI is InChI=1S/C30H36BrN3O4S/c1-4-19-32-30(36)28(20-24-9-7-6-8-10-24)33(21-25-11-15-26(31)16-12-25)29(35)22-34(39(3,37)38)27-17-13-23(5-2)14-18-27/h6-18,28H,4-5,19-22H2,1-3H3,(H,32,36)/t28-/m1/s1. The molecule has 2 amide bonds. The van der Waals surface area contributed by atoms with Crippen LogP contribution in [0.5, 0.6) is 0 Å². The zero-order chi connectivity index (χ0) is 28.4. The Bertz CT molecular complexity index is 1330. The van der Waals surface area contributed by atoms with Gasteiger partial charge in [0, 0.05) is 24.0 Å². The summed E-state index contributed by atoms with van der Waals surface area (Å²) in [6.07, 6.45) is 2.94. The number of sulfonamides is 1. The quantitative estimate of drug-likeness (QED) is 0.296. The van der Waals surface area contributed by atoms with Gasteiger partial charge in [0.1, 0.15) is 12.6 Å². The summed E-state index contributed by atoms with van der Waals surface area (Å²) in [6.45, 7) is 4.18. The first-order chi connectivity index (χ1) is 18.6. The van der Waals surface area contributed by atoms with Crippen molar-refractivity contribution in [3.8, 4) is 0 Å². The molecular weight excluding hydrogens is 578 g/mol. The van der Waals surface area contributed by atoms with E-state index in [4.69, 9.17) is 0 Å². The molecule has 3 rings (SSSR count). The van der Waals surface area contributed by atoms with Crippen molar-refractivity contribution in [1.82, 2.24) is 10.2 Å². The van der Waals surface area contributed by atoms with Gasteiger partial charge in [-0.3, -0.25) is 13.9 Å². The van der Waals surface area contributed by atoms with Crippen LogP contribution >= 0.6 is 15.9 Å². The smallest absolute Gasteiger partial charge is 0.244 e. The van der Waals surface area contributed by atoms with Crippen molar-refractivity contribution in [3.05, 3.63) is 100 Å². The summed E-state index contributed by atoms with van der Waals surface area (Å²) in [5.41, 5.74) is 3.19. The molecule has 1 N–H and O–H groups in total. The summed E-state index contributed by atoms with van der Waals surface area (Å²) in [4.78, 5) is 29.0. The third-order valence-corrected chi connectivity index (χ3v) is 8.07. The van der Waals surface area contributed by atoms with Crippen molar-refractivity contribution in [2.45, 2.75) is 45.7 Å². The van der Waals surface area contributed by atoms with Crippen molar-refractivity contribution in [1.29, 1.82) is 0 Å². The highest BCUT2D eigenvalue weighted by Crippen LogP contribution is 2.22. The predicted octanol–water partition coefficient (Wildman–Crippen LogP) is 4.94. The van der Waals surface area contributed by atoms with Crippen molar-refractivity contribution in [2.24, 2.45) is 0 Å². The van der Waals surface area contributed by atoms with Gasteiger partial charge in [0.15, 0.2) is 0 Å². The number of hydrogen-bond donors (Lipinski definition) is 1. The van der Waals surface area contributed by atoms with Gasteiger partial charge >= 0.3 is 0 Å². The van der Waals surface area contributed by atoms with Crippen molar-refractivity contribution < 1.29 is 18.0 Å². The first-order valence-electron chi connectivity index (χ1n) is 13.0. The molecule has 0 aliphatic carbocycles. The zero-order valence-corrected chi connectivity index (χ0v) is 25.0. The molecule has 0 unspecified atom stereocenters. The van der Waals surface area contributed by atoms with Crippen LogP contribution in [0.15, 0.2) is 83.3 Å². The van der Waals surface area contributed by atoms with Gasteiger partial charge in [0.05, 0.1) is 11.9 Å². The summed E-state index contributed by atoms with van der Waals surface area (Å²) in [6, 6.07) is 23.3. The predicted molar refractivity (Wildman–Crippen MR) is 160 cm³/mol. The average molecular weight is 615 g/mol. The van der Waals surface area contributed by atoms with Gasteiger partial charge < -0.3 is 10.2 Å². The van der Waals surface area contributed by atoms with Crippen LogP contribution in [0.3, 0.4) is 0 Å². The van der Waals surface area contributed by atoms with Gasteiger partial charge in [-0.15, -0.1) is 0 Å². The van der Waals surface area contributed by atoms with Gasteiger partial charge in [-0.2, -0.15) is 0 Å². The van der Waals surface area contributed by atoms with Crippen molar-refractivity contribution in [3.63, 3.8) is 0 Å². The van der Waals surface area contributed by atoms with Gasteiger partial charge in [-0.1, -0.05) is 84.4 Å².